The molecule has 1 heterocycles. The summed E-state index contributed by atoms with van der Waals surface area (Å²) >= 11 is 0. The number of hydrogen-bond acceptors (Lipinski definition) is 2. The predicted octanol–water partition coefficient (Wildman–Crippen LogP) is 1.37. The van der Waals surface area contributed by atoms with Gasteiger partial charge in [0.15, 0.2) is 0 Å². The molecule has 1 saturated carbocycles. The van der Waals surface area contributed by atoms with Crippen molar-refractivity contribution in [2.75, 3.05) is 5.32 Å². The zero-order valence-electron chi connectivity index (χ0n) is 5.80. The summed E-state index contributed by atoms with van der Waals surface area (Å²) < 4.78 is 0. The number of aromatic amines is 1. The standard InChI is InChI=1S/C7H11N3/c1-2-6(3-1)10-7-4-8-9-5-7/h4-6,10H,1-3H2,(H,8,9). The number of anilines is 1. The van der Waals surface area contributed by atoms with Gasteiger partial charge in [-0.1, -0.05) is 0 Å². The monoisotopic (exact) mass is 137 g/mol. The fourth-order valence-corrected chi connectivity index (χ4v) is 1.12. The second-order valence-electron chi connectivity index (χ2n) is 2.76. The van der Waals surface area contributed by atoms with Gasteiger partial charge in [-0.05, 0) is 19.3 Å². The highest BCUT2D eigenvalue weighted by Crippen LogP contribution is 2.22. The first-order chi connectivity index (χ1) is 4.95. The summed E-state index contributed by atoms with van der Waals surface area (Å²) in [7, 11) is 0. The maximum absolute atomic E-state index is 3.85. The van der Waals surface area contributed by atoms with Crippen molar-refractivity contribution in [1.82, 2.24) is 10.2 Å². The maximum atomic E-state index is 3.85. The van der Waals surface area contributed by atoms with Crippen molar-refractivity contribution < 1.29 is 0 Å². The van der Waals surface area contributed by atoms with Gasteiger partial charge in [-0.2, -0.15) is 5.10 Å². The van der Waals surface area contributed by atoms with E-state index < -0.39 is 0 Å². The molecule has 54 valence electrons. The average Bonchev–Trinajstić information content (AvgIpc) is 2.29. The smallest absolute Gasteiger partial charge is 0.0725 e. The molecule has 0 atom stereocenters. The fourth-order valence-electron chi connectivity index (χ4n) is 1.12. The number of hydrogen-bond donors (Lipinski definition) is 2. The molecule has 1 aromatic heterocycles. The summed E-state index contributed by atoms with van der Waals surface area (Å²) in [6.07, 6.45) is 7.70. The number of H-pyrrole nitrogens is 1. The van der Waals surface area contributed by atoms with Gasteiger partial charge in [0.25, 0.3) is 0 Å². The third-order valence-electron chi connectivity index (χ3n) is 1.97. The molecule has 0 amide bonds. The van der Waals surface area contributed by atoms with Crippen LogP contribution >= 0.6 is 0 Å². The molecule has 0 spiro atoms. The Morgan fingerprint density at radius 2 is 2.50 bits per heavy atom. The molecule has 3 nitrogen and oxygen atoms in total. The Morgan fingerprint density at radius 1 is 1.60 bits per heavy atom. The molecule has 0 aliphatic heterocycles. The van der Waals surface area contributed by atoms with Gasteiger partial charge in [0.05, 0.1) is 11.9 Å². The van der Waals surface area contributed by atoms with E-state index in [2.05, 4.69) is 15.5 Å². The zero-order valence-corrected chi connectivity index (χ0v) is 5.80. The van der Waals surface area contributed by atoms with Crippen LogP contribution in [-0.4, -0.2) is 16.2 Å². The van der Waals surface area contributed by atoms with Crippen LogP contribution in [0.15, 0.2) is 12.4 Å². The van der Waals surface area contributed by atoms with Crippen LogP contribution in [0.1, 0.15) is 19.3 Å². The van der Waals surface area contributed by atoms with Crippen LogP contribution in [0.5, 0.6) is 0 Å². The van der Waals surface area contributed by atoms with Gasteiger partial charge in [0.2, 0.25) is 0 Å². The molecule has 1 aromatic rings. The SMILES string of the molecule is c1n[nH]cc1NC1CCC1. The third-order valence-corrected chi connectivity index (χ3v) is 1.97. The molecule has 0 aromatic carbocycles. The van der Waals surface area contributed by atoms with Crippen LogP contribution < -0.4 is 5.32 Å². The molecule has 1 aliphatic rings. The van der Waals surface area contributed by atoms with Crippen molar-refractivity contribution in [2.45, 2.75) is 25.3 Å². The zero-order chi connectivity index (χ0) is 6.81. The van der Waals surface area contributed by atoms with E-state index in [9.17, 15) is 0 Å². The summed E-state index contributed by atoms with van der Waals surface area (Å²) in [5.74, 6) is 0. The minimum atomic E-state index is 0.706. The molecule has 0 saturated heterocycles. The van der Waals surface area contributed by atoms with E-state index in [1.54, 1.807) is 0 Å². The van der Waals surface area contributed by atoms with Gasteiger partial charge in [0, 0.05) is 12.2 Å². The van der Waals surface area contributed by atoms with E-state index >= 15 is 0 Å². The molecule has 1 fully saturated rings. The molecule has 10 heavy (non-hydrogen) atoms. The third kappa shape index (κ3) is 0.988. The summed E-state index contributed by atoms with van der Waals surface area (Å²) in [6.45, 7) is 0. The summed E-state index contributed by atoms with van der Waals surface area (Å²) in [5.41, 5.74) is 1.12. The van der Waals surface area contributed by atoms with E-state index in [1.807, 2.05) is 12.4 Å². The van der Waals surface area contributed by atoms with Crippen LogP contribution in [0.25, 0.3) is 0 Å². The van der Waals surface area contributed by atoms with Crippen LogP contribution in [0, 0.1) is 0 Å². The van der Waals surface area contributed by atoms with Crippen LogP contribution in [0.3, 0.4) is 0 Å². The Morgan fingerprint density at radius 3 is 3.00 bits per heavy atom. The van der Waals surface area contributed by atoms with Crippen molar-refractivity contribution in [3.8, 4) is 0 Å². The number of nitrogens with zero attached hydrogens (tertiary/aromatic N) is 1. The van der Waals surface area contributed by atoms with Crippen molar-refractivity contribution in [2.24, 2.45) is 0 Å². The largest absolute Gasteiger partial charge is 0.380 e. The van der Waals surface area contributed by atoms with Gasteiger partial charge in [-0.25, -0.2) is 0 Å². The van der Waals surface area contributed by atoms with Crippen LogP contribution in [0.2, 0.25) is 0 Å². The molecular weight excluding hydrogens is 126 g/mol. The molecule has 0 radical (unpaired) electrons. The number of rotatable bonds is 2. The molecule has 0 bridgehead atoms. The lowest BCUT2D eigenvalue weighted by molar-refractivity contribution is 0.445. The molecule has 2 rings (SSSR count). The van der Waals surface area contributed by atoms with E-state index in [-0.39, 0.29) is 0 Å². The minimum absolute atomic E-state index is 0.706. The predicted molar refractivity (Wildman–Crippen MR) is 39.8 cm³/mol. The molecule has 2 N–H and O–H groups in total. The summed E-state index contributed by atoms with van der Waals surface area (Å²) in [4.78, 5) is 0. The fraction of sp³-hybridized carbons (Fsp3) is 0.571. The van der Waals surface area contributed by atoms with Gasteiger partial charge in [0.1, 0.15) is 0 Å². The van der Waals surface area contributed by atoms with E-state index in [0.717, 1.165) is 5.69 Å². The highest BCUT2D eigenvalue weighted by molar-refractivity contribution is 5.39. The van der Waals surface area contributed by atoms with Crippen LogP contribution in [-0.2, 0) is 0 Å². The van der Waals surface area contributed by atoms with Crippen molar-refractivity contribution >= 4 is 5.69 Å². The van der Waals surface area contributed by atoms with E-state index in [1.165, 1.54) is 19.3 Å². The Balaban J connectivity index is 1.90. The van der Waals surface area contributed by atoms with Gasteiger partial charge in [-0.15, -0.1) is 0 Å². The Hall–Kier alpha value is -0.990. The Labute approximate surface area is 59.8 Å². The Bertz CT molecular complexity index is 189. The lowest BCUT2D eigenvalue weighted by Gasteiger charge is -2.26. The van der Waals surface area contributed by atoms with Crippen molar-refractivity contribution in [1.29, 1.82) is 0 Å². The van der Waals surface area contributed by atoms with Gasteiger partial charge < -0.3 is 5.32 Å². The van der Waals surface area contributed by atoms with E-state index in [0.29, 0.717) is 6.04 Å². The first kappa shape index (κ1) is 5.77. The quantitative estimate of drug-likeness (QED) is 0.646. The highest BCUT2D eigenvalue weighted by atomic mass is 15.1. The lowest BCUT2D eigenvalue weighted by Crippen LogP contribution is -2.26. The second kappa shape index (κ2) is 2.33. The average molecular weight is 137 g/mol. The number of nitrogens with one attached hydrogen (secondary N) is 2. The summed E-state index contributed by atoms with van der Waals surface area (Å²) in [6, 6.07) is 0.706. The van der Waals surface area contributed by atoms with Crippen molar-refractivity contribution in [3.63, 3.8) is 0 Å². The van der Waals surface area contributed by atoms with Gasteiger partial charge in [-0.3, -0.25) is 5.10 Å². The highest BCUT2D eigenvalue weighted by Gasteiger charge is 2.16. The lowest BCUT2D eigenvalue weighted by atomic mass is 9.93. The first-order valence-electron chi connectivity index (χ1n) is 3.70. The number of aromatic nitrogens is 2. The van der Waals surface area contributed by atoms with Crippen LogP contribution in [0.4, 0.5) is 5.69 Å². The Kier molecular flexibility index (Phi) is 1.34. The molecular formula is C7H11N3. The van der Waals surface area contributed by atoms with Gasteiger partial charge >= 0.3 is 0 Å². The normalized spacial score (nSPS) is 18.4. The first-order valence-corrected chi connectivity index (χ1v) is 3.70. The molecule has 0 unspecified atom stereocenters. The van der Waals surface area contributed by atoms with Crippen molar-refractivity contribution in [3.05, 3.63) is 12.4 Å². The maximum Gasteiger partial charge on any atom is 0.0725 e. The molecule has 1 aliphatic carbocycles. The minimum Gasteiger partial charge on any atom is -0.380 e. The topological polar surface area (TPSA) is 40.7 Å². The van der Waals surface area contributed by atoms with E-state index in [4.69, 9.17) is 0 Å². The summed E-state index contributed by atoms with van der Waals surface area (Å²) in [5, 5.41) is 9.98. The molecule has 3 heteroatoms. The second-order valence-corrected chi connectivity index (χ2v) is 2.76.